The molecule has 18 heavy (non-hydrogen) atoms. The summed E-state index contributed by atoms with van der Waals surface area (Å²) >= 11 is 0. The van der Waals surface area contributed by atoms with Gasteiger partial charge in [0.1, 0.15) is 12.1 Å². The number of hydrogen-bond donors (Lipinski definition) is 1. The Labute approximate surface area is 103 Å². The number of amides is 1. The quantitative estimate of drug-likeness (QED) is 0.485. The highest BCUT2D eigenvalue weighted by atomic mass is 16.6. The fourth-order valence-corrected chi connectivity index (χ4v) is 1.40. The highest BCUT2D eigenvalue weighted by Gasteiger charge is 2.22. The molecular weight excluding hydrogens is 240 g/mol. The van der Waals surface area contributed by atoms with Crippen molar-refractivity contribution >= 4 is 17.6 Å². The summed E-state index contributed by atoms with van der Waals surface area (Å²) in [5, 5.41) is 13.1. The third kappa shape index (κ3) is 3.03. The van der Waals surface area contributed by atoms with Crippen LogP contribution in [0.3, 0.4) is 0 Å². The first-order valence-electron chi connectivity index (χ1n) is 5.06. The van der Waals surface area contributed by atoms with Crippen LogP contribution in [0.15, 0.2) is 18.2 Å². The number of aryl methyl sites for hydroxylation is 1. The van der Waals surface area contributed by atoms with Gasteiger partial charge in [0.2, 0.25) is 0 Å². The molecular formula is C11H12N2O5. The van der Waals surface area contributed by atoms with E-state index in [4.69, 9.17) is 0 Å². The fraction of sp³-hybridized carbons (Fsp3) is 0.273. The number of esters is 1. The monoisotopic (exact) mass is 252 g/mol. The molecule has 0 atom stereocenters. The average Bonchev–Trinajstić information content (AvgIpc) is 2.34. The number of benzene rings is 1. The van der Waals surface area contributed by atoms with E-state index in [1.165, 1.54) is 32.2 Å². The summed E-state index contributed by atoms with van der Waals surface area (Å²) in [4.78, 5) is 32.8. The maximum Gasteiger partial charge on any atom is 0.325 e. The number of nitro benzene ring substituents is 1. The normalized spacial score (nSPS) is 9.67. The second-order valence-corrected chi connectivity index (χ2v) is 3.49. The van der Waals surface area contributed by atoms with Crippen LogP contribution in [0.1, 0.15) is 15.9 Å². The Balaban J connectivity index is 2.96. The first-order chi connectivity index (χ1) is 8.47. The van der Waals surface area contributed by atoms with Crippen LogP contribution in [0.4, 0.5) is 5.69 Å². The topological polar surface area (TPSA) is 98.5 Å². The molecule has 0 heterocycles. The zero-order chi connectivity index (χ0) is 13.7. The van der Waals surface area contributed by atoms with Gasteiger partial charge in [0.25, 0.3) is 11.6 Å². The lowest BCUT2D eigenvalue weighted by Gasteiger charge is -2.06. The van der Waals surface area contributed by atoms with E-state index in [0.717, 1.165) is 0 Å². The molecule has 0 bridgehead atoms. The maximum atomic E-state index is 11.7. The minimum atomic E-state index is -0.684. The largest absolute Gasteiger partial charge is 0.468 e. The number of hydrogen-bond acceptors (Lipinski definition) is 5. The Morgan fingerprint density at radius 1 is 1.44 bits per heavy atom. The Kier molecular flexibility index (Phi) is 4.36. The molecule has 1 N–H and O–H groups in total. The smallest absolute Gasteiger partial charge is 0.325 e. The van der Waals surface area contributed by atoms with Crippen molar-refractivity contribution in [2.75, 3.05) is 13.7 Å². The van der Waals surface area contributed by atoms with Gasteiger partial charge in [0.05, 0.1) is 12.0 Å². The molecule has 7 heteroatoms. The Morgan fingerprint density at radius 2 is 2.11 bits per heavy atom. The van der Waals surface area contributed by atoms with E-state index in [1.807, 2.05) is 0 Å². The second-order valence-electron chi connectivity index (χ2n) is 3.49. The number of rotatable bonds is 4. The fourth-order valence-electron chi connectivity index (χ4n) is 1.40. The lowest BCUT2D eigenvalue weighted by molar-refractivity contribution is -0.385. The summed E-state index contributed by atoms with van der Waals surface area (Å²) < 4.78 is 4.35. The minimum absolute atomic E-state index is 0.0797. The van der Waals surface area contributed by atoms with E-state index in [1.54, 1.807) is 0 Å². The van der Waals surface area contributed by atoms with Crippen molar-refractivity contribution in [3.05, 3.63) is 39.4 Å². The van der Waals surface area contributed by atoms with Gasteiger partial charge in [0.15, 0.2) is 0 Å². The van der Waals surface area contributed by atoms with Crippen LogP contribution in [0, 0.1) is 17.0 Å². The van der Waals surface area contributed by atoms with Crippen molar-refractivity contribution in [1.29, 1.82) is 0 Å². The van der Waals surface area contributed by atoms with Crippen LogP contribution >= 0.6 is 0 Å². The van der Waals surface area contributed by atoms with Crippen molar-refractivity contribution < 1.29 is 19.2 Å². The predicted octanol–water partition coefficient (Wildman–Crippen LogP) is 0.806. The van der Waals surface area contributed by atoms with Crippen LogP contribution in [-0.2, 0) is 9.53 Å². The van der Waals surface area contributed by atoms with Crippen LogP contribution in [0.2, 0.25) is 0 Å². The third-order valence-electron chi connectivity index (χ3n) is 2.29. The molecule has 0 fully saturated rings. The lowest BCUT2D eigenvalue weighted by Crippen LogP contribution is -2.30. The molecule has 0 saturated carbocycles. The van der Waals surface area contributed by atoms with E-state index in [0.29, 0.717) is 5.56 Å². The van der Waals surface area contributed by atoms with Crippen molar-refractivity contribution in [1.82, 2.24) is 5.32 Å². The molecule has 1 amide bonds. The Morgan fingerprint density at radius 3 is 2.67 bits per heavy atom. The van der Waals surface area contributed by atoms with Crippen LogP contribution in [-0.4, -0.2) is 30.5 Å². The van der Waals surface area contributed by atoms with Gasteiger partial charge in [-0.3, -0.25) is 19.7 Å². The molecule has 7 nitrogen and oxygen atoms in total. The number of methoxy groups -OCH3 is 1. The zero-order valence-electron chi connectivity index (χ0n) is 9.93. The Hall–Kier alpha value is -2.44. The van der Waals surface area contributed by atoms with Gasteiger partial charge in [-0.05, 0) is 13.0 Å². The number of carbonyl (C=O) groups is 2. The van der Waals surface area contributed by atoms with E-state index in [9.17, 15) is 19.7 Å². The first kappa shape index (κ1) is 13.6. The number of nitrogens with one attached hydrogen (secondary N) is 1. The van der Waals surface area contributed by atoms with Crippen molar-refractivity contribution in [2.24, 2.45) is 0 Å². The van der Waals surface area contributed by atoms with Crippen molar-refractivity contribution in [3.63, 3.8) is 0 Å². The molecule has 96 valence electrons. The van der Waals surface area contributed by atoms with Crippen molar-refractivity contribution in [3.8, 4) is 0 Å². The number of nitrogens with zero attached hydrogens (tertiary/aromatic N) is 1. The molecule has 0 saturated heterocycles. The number of para-hydroxylation sites is 1. The molecule has 1 aromatic carbocycles. The summed E-state index contributed by atoms with van der Waals surface area (Å²) in [6.45, 7) is 1.20. The van der Waals surface area contributed by atoms with Gasteiger partial charge in [-0.15, -0.1) is 0 Å². The van der Waals surface area contributed by atoms with Gasteiger partial charge in [-0.25, -0.2) is 0 Å². The third-order valence-corrected chi connectivity index (χ3v) is 2.29. The van der Waals surface area contributed by atoms with Gasteiger partial charge in [-0.2, -0.15) is 0 Å². The zero-order valence-corrected chi connectivity index (χ0v) is 9.93. The molecule has 1 rings (SSSR count). The molecule has 0 aromatic heterocycles. The summed E-state index contributed by atoms with van der Waals surface area (Å²) in [5.41, 5.74) is 0.0366. The van der Waals surface area contributed by atoms with E-state index in [-0.39, 0.29) is 17.8 Å². The van der Waals surface area contributed by atoms with E-state index >= 15 is 0 Å². The maximum absolute atomic E-state index is 11.7. The summed E-state index contributed by atoms with van der Waals surface area (Å²) in [6.07, 6.45) is 0. The van der Waals surface area contributed by atoms with Crippen LogP contribution in [0.5, 0.6) is 0 Å². The van der Waals surface area contributed by atoms with Gasteiger partial charge >= 0.3 is 5.97 Å². The Bertz CT molecular complexity index is 498. The molecule has 0 spiro atoms. The molecule has 0 unspecified atom stereocenters. The van der Waals surface area contributed by atoms with E-state index < -0.39 is 16.8 Å². The van der Waals surface area contributed by atoms with Crippen LogP contribution < -0.4 is 5.32 Å². The summed E-state index contributed by atoms with van der Waals surface area (Å²) in [7, 11) is 1.18. The van der Waals surface area contributed by atoms with Gasteiger partial charge in [-0.1, -0.05) is 12.1 Å². The minimum Gasteiger partial charge on any atom is -0.468 e. The molecule has 0 aliphatic heterocycles. The predicted molar refractivity (Wildman–Crippen MR) is 62.2 cm³/mol. The SMILES string of the molecule is COC(=O)CNC(=O)c1cccc(C)c1[N+](=O)[O-]. The molecule has 1 aromatic rings. The number of carbonyl (C=O) groups excluding carboxylic acids is 2. The lowest BCUT2D eigenvalue weighted by atomic mass is 10.1. The number of ether oxygens (including phenoxy) is 1. The van der Waals surface area contributed by atoms with Crippen LogP contribution in [0.25, 0.3) is 0 Å². The van der Waals surface area contributed by atoms with E-state index in [2.05, 4.69) is 10.1 Å². The number of nitro groups is 1. The molecule has 0 aliphatic rings. The molecule has 0 aliphatic carbocycles. The first-order valence-corrected chi connectivity index (χ1v) is 5.06. The highest BCUT2D eigenvalue weighted by molar-refractivity contribution is 5.99. The average molecular weight is 252 g/mol. The molecule has 0 radical (unpaired) electrons. The van der Waals surface area contributed by atoms with Gasteiger partial charge < -0.3 is 10.1 Å². The summed E-state index contributed by atoms with van der Waals surface area (Å²) in [6, 6.07) is 4.41. The highest BCUT2D eigenvalue weighted by Crippen LogP contribution is 2.22. The standard InChI is InChI=1S/C11H12N2O5/c1-7-4-3-5-8(10(7)13(16)17)11(15)12-6-9(14)18-2/h3-5H,6H2,1-2H3,(H,12,15). The second kappa shape index (κ2) is 5.76. The summed E-state index contributed by atoms with van der Waals surface area (Å²) in [5.74, 6) is -1.31. The van der Waals surface area contributed by atoms with Gasteiger partial charge in [0, 0.05) is 5.56 Å². The van der Waals surface area contributed by atoms with Crippen molar-refractivity contribution in [2.45, 2.75) is 6.92 Å².